The Kier molecular flexibility index (Phi) is 5.79. The van der Waals surface area contributed by atoms with Gasteiger partial charge in [0, 0.05) is 11.5 Å². The molecule has 4 saturated carbocycles. The van der Waals surface area contributed by atoms with Crippen LogP contribution in [0.1, 0.15) is 70.1 Å². The molecule has 1 heterocycles. The number of rotatable bonds is 7. The largest absolute Gasteiger partial charge is 0.392 e. The smallest absolute Gasteiger partial charge is 0.228 e. The maximum Gasteiger partial charge on any atom is 0.228 e. The highest BCUT2D eigenvalue weighted by Gasteiger charge is 2.51. The van der Waals surface area contributed by atoms with Gasteiger partial charge in [0.15, 0.2) is 5.82 Å². The lowest BCUT2D eigenvalue weighted by molar-refractivity contribution is -0.119. The van der Waals surface area contributed by atoms with Crippen LogP contribution >= 0.6 is 0 Å². The Morgan fingerprint density at radius 1 is 1.12 bits per heavy atom. The summed E-state index contributed by atoms with van der Waals surface area (Å²) in [7, 11) is 0. The van der Waals surface area contributed by atoms with Crippen molar-refractivity contribution in [3.63, 3.8) is 0 Å². The minimum Gasteiger partial charge on any atom is -0.392 e. The SMILES string of the molecule is CCC(C)C(=O)Nc1ncc(-c2ccc(CO)cc2)nc1CC12CC3CC(CC(C3)C1)C2. The Balaban J connectivity index is 1.47. The summed E-state index contributed by atoms with van der Waals surface area (Å²) in [5, 5.41) is 12.4. The van der Waals surface area contributed by atoms with Crippen molar-refractivity contribution in [2.24, 2.45) is 29.1 Å². The number of nitrogens with zero attached hydrogens (tertiary/aromatic N) is 2. The van der Waals surface area contributed by atoms with Crippen LogP contribution in [0.4, 0.5) is 5.82 Å². The number of aliphatic hydroxyl groups is 1. The Hall–Kier alpha value is -2.27. The van der Waals surface area contributed by atoms with Gasteiger partial charge in [0.25, 0.3) is 0 Å². The van der Waals surface area contributed by atoms with E-state index in [1.54, 1.807) is 6.20 Å². The molecule has 4 fully saturated rings. The van der Waals surface area contributed by atoms with Crippen LogP contribution in [-0.4, -0.2) is 21.0 Å². The molecule has 1 aromatic carbocycles. The fraction of sp³-hybridized carbons (Fsp3) is 0.593. The number of hydrogen-bond donors (Lipinski definition) is 2. The summed E-state index contributed by atoms with van der Waals surface area (Å²) in [6, 6.07) is 7.83. The molecule has 32 heavy (non-hydrogen) atoms. The molecular weight excluding hydrogens is 398 g/mol. The molecule has 5 nitrogen and oxygen atoms in total. The van der Waals surface area contributed by atoms with E-state index in [1.165, 1.54) is 38.5 Å². The number of benzene rings is 1. The lowest BCUT2D eigenvalue weighted by atomic mass is 9.48. The van der Waals surface area contributed by atoms with Crippen LogP contribution in [0.25, 0.3) is 11.3 Å². The van der Waals surface area contributed by atoms with Gasteiger partial charge in [-0.05, 0) is 80.1 Å². The van der Waals surface area contributed by atoms with Crippen LogP contribution in [0.15, 0.2) is 30.5 Å². The number of carbonyl (C=O) groups is 1. The second-order valence-electron chi connectivity index (χ2n) is 10.8. The van der Waals surface area contributed by atoms with E-state index in [-0.39, 0.29) is 18.4 Å². The predicted octanol–water partition coefficient (Wildman–Crippen LogP) is 5.38. The number of anilines is 1. The first-order valence-electron chi connectivity index (χ1n) is 12.3. The van der Waals surface area contributed by atoms with Gasteiger partial charge in [-0.3, -0.25) is 4.79 Å². The Morgan fingerprint density at radius 3 is 2.31 bits per heavy atom. The van der Waals surface area contributed by atoms with Crippen molar-refractivity contribution in [3.8, 4) is 11.3 Å². The van der Waals surface area contributed by atoms with Crippen molar-refractivity contribution < 1.29 is 9.90 Å². The van der Waals surface area contributed by atoms with E-state index in [4.69, 9.17) is 9.97 Å². The van der Waals surface area contributed by atoms with Gasteiger partial charge < -0.3 is 10.4 Å². The van der Waals surface area contributed by atoms with Gasteiger partial charge in [-0.25, -0.2) is 9.97 Å². The topological polar surface area (TPSA) is 75.1 Å². The second kappa shape index (κ2) is 8.58. The summed E-state index contributed by atoms with van der Waals surface area (Å²) in [4.78, 5) is 22.5. The molecule has 1 aromatic heterocycles. The molecule has 170 valence electrons. The van der Waals surface area contributed by atoms with Gasteiger partial charge in [0.1, 0.15) is 0 Å². The molecule has 0 radical (unpaired) electrons. The molecule has 2 N–H and O–H groups in total. The molecule has 1 atom stereocenters. The zero-order valence-corrected chi connectivity index (χ0v) is 19.3. The van der Waals surface area contributed by atoms with Crippen molar-refractivity contribution in [1.29, 1.82) is 0 Å². The molecule has 2 aromatic rings. The van der Waals surface area contributed by atoms with Gasteiger partial charge in [0.05, 0.1) is 24.2 Å². The average molecular weight is 434 g/mol. The van der Waals surface area contributed by atoms with E-state index >= 15 is 0 Å². The fourth-order valence-electron chi connectivity index (χ4n) is 6.86. The Bertz CT molecular complexity index is 950. The molecule has 6 rings (SSSR count). The first-order valence-corrected chi connectivity index (χ1v) is 12.3. The van der Waals surface area contributed by atoms with E-state index in [0.717, 1.165) is 53.1 Å². The summed E-state index contributed by atoms with van der Waals surface area (Å²) in [5.74, 6) is 3.25. The number of aliphatic hydroxyl groups excluding tert-OH is 1. The van der Waals surface area contributed by atoms with Gasteiger partial charge in [-0.15, -0.1) is 0 Å². The second-order valence-corrected chi connectivity index (χ2v) is 10.8. The van der Waals surface area contributed by atoms with Crippen molar-refractivity contribution in [1.82, 2.24) is 9.97 Å². The van der Waals surface area contributed by atoms with Gasteiger partial charge in [-0.2, -0.15) is 0 Å². The van der Waals surface area contributed by atoms with Gasteiger partial charge in [-0.1, -0.05) is 38.1 Å². The minimum absolute atomic E-state index is 0.0219. The third kappa shape index (κ3) is 4.19. The van der Waals surface area contributed by atoms with Crippen LogP contribution in [0.2, 0.25) is 0 Å². The fourth-order valence-corrected chi connectivity index (χ4v) is 6.86. The highest BCUT2D eigenvalue weighted by Crippen LogP contribution is 2.61. The van der Waals surface area contributed by atoms with Crippen LogP contribution in [0.3, 0.4) is 0 Å². The summed E-state index contributed by atoms with van der Waals surface area (Å²) < 4.78 is 0. The normalized spacial score (nSPS) is 29.2. The Morgan fingerprint density at radius 2 is 1.75 bits per heavy atom. The quantitative estimate of drug-likeness (QED) is 0.615. The molecule has 1 unspecified atom stereocenters. The zero-order valence-electron chi connectivity index (χ0n) is 19.3. The van der Waals surface area contributed by atoms with Crippen LogP contribution in [0.5, 0.6) is 0 Å². The van der Waals surface area contributed by atoms with E-state index < -0.39 is 0 Å². The van der Waals surface area contributed by atoms with Crippen molar-refractivity contribution in [3.05, 3.63) is 41.7 Å². The molecule has 4 aliphatic rings. The predicted molar refractivity (Wildman–Crippen MR) is 126 cm³/mol. The maximum atomic E-state index is 12.7. The molecule has 4 aliphatic carbocycles. The van der Waals surface area contributed by atoms with E-state index in [0.29, 0.717) is 11.2 Å². The standard InChI is InChI=1S/C27H35N3O2/c1-3-17(2)26(32)30-25-23(14-27-11-19-8-20(12-27)10-21(9-19)13-27)29-24(15-28-25)22-6-4-18(16-31)5-7-22/h4-7,15,17,19-21,31H,3,8-14,16H2,1-2H3,(H,28,30,32). The highest BCUT2D eigenvalue weighted by molar-refractivity contribution is 5.92. The maximum absolute atomic E-state index is 12.7. The molecule has 0 spiro atoms. The number of amides is 1. The molecule has 4 bridgehead atoms. The minimum atomic E-state index is -0.0464. The molecular formula is C27H35N3O2. The first kappa shape index (κ1) is 21.6. The number of nitrogens with one attached hydrogen (secondary N) is 1. The monoisotopic (exact) mass is 433 g/mol. The van der Waals surface area contributed by atoms with Crippen LogP contribution < -0.4 is 5.32 Å². The summed E-state index contributed by atoms with van der Waals surface area (Å²) in [5.41, 5.74) is 3.95. The summed E-state index contributed by atoms with van der Waals surface area (Å²) >= 11 is 0. The van der Waals surface area contributed by atoms with E-state index in [2.05, 4.69) is 5.32 Å². The lowest BCUT2D eigenvalue weighted by Crippen LogP contribution is -2.47. The van der Waals surface area contributed by atoms with Crippen molar-refractivity contribution >= 4 is 11.7 Å². The first-order chi connectivity index (χ1) is 15.5. The molecule has 5 heteroatoms. The van der Waals surface area contributed by atoms with Crippen molar-refractivity contribution in [2.45, 2.75) is 71.8 Å². The number of aromatic nitrogens is 2. The van der Waals surface area contributed by atoms with Crippen LogP contribution in [-0.2, 0) is 17.8 Å². The van der Waals surface area contributed by atoms with Gasteiger partial charge >= 0.3 is 0 Å². The van der Waals surface area contributed by atoms with Gasteiger partial charge in [0.2, 0.25) is 5.91 Å². The summed E-state index contributed by atoms with van der Waals surface area (Å²) in [6.07, 6.45) is 11.6. The molecule has 0 saturated heterocycles. The average Bonchev–Trinajstić information content (AvgIpc) is 2.78. The molecule has 0 aliphatic heterocycles. The molecule has 1 amide bonds. The number of hydrogen-bond acceptors (Lipinski definition) is 4. The van der Waals surface area contributed by atoms with Crippen molar-refractivity contribution in [2.75, 3.05) is 5.32 Å². The third-order valence-electron chi connectivity index (χ3n) is 8.29. The summed E-state index contributed by atoms with van der Waals surface area (Å²) in [6.45, 7) is 4.02. The lowest BCUT2D eigenvalue weighted by Gasteiger charge is -2.57. The van der Waals surface area contributed by atoms with E-state index in [1.807, 2.05) is 38.1 Å². The zero-order chi connectivity index (χ0) is 22.3. The van der Waals surface area contributed by atoms with Crippen LogP contribution in [0, 0.1) is 29.1 Å². The highest BCUT2D eigenvalue weighted by atomic mass is 16.3. The Labute approximate surface area is 191 Å². The third-order valence-corrected chi connectivity index (χ3v) is 8.29. The number of carbonyl (C=O) groups excluding carboxylic acids is 1. The van der Waals surface area contributed by atoms with E-state index in [9.17, 15) is 9.90 Å².